The summed E-state index contributed by atoms with van der Waals surface area (Å²) < 4.78 is 38.4. The minimum absolute atomic E-state index is 0.0241. The minimum atomic E-state index is -0.804. The Hall–Kier alpha value is -3.33. The van der Waals surface area contributed by atoms with Gasteiger partial charge in [0.15, 0.2) is 11.5 Å². The molecule has 0 fully saturated rings. The quantitative estimate of drug-likeness (QED) is 0.554. The maximum Gasteiger partial charge on any atom is 0.246 e. The summed E-state index contributed by atoms with van der Waals surface area (Å²) in [5.74, 6) is -0.0587. The van der Waals surface area contributed by atoms with Crippen LogP contribution in [0.1, 0.15) is 11.1 Å². The van der Waals surface area contributed by atoms with Gasteiger partial charge in [-0.1, -0.05) is 6.07 Å². The largest absolute Gasteiger partial charge is 0.454 e. The lowest BCUT2D eigenvalue weighted by atomic mass is 10.1. The summed E-state index contributed by atoms with van der Waals surface area (Å²) in [5, 5.41) is 8.90. The number of benzene rings is 2. The molecular weight excluding hydrogens is 344 g/mol. The fourth-order valence-electron chi connectivity index (χ4n) is 2.89. The van der Waals surface area contributed by atoms with Crippen LogP contribution in [-0.4, -0.2) is 24.4 Å². The number of halogens is 2. The van der Waals surface area contributed by atoms with E-state index in [9.17, 15) is 8.78 Å². The van der Waals surface area contributed by atoms with Gasteiger partial charge in [0.2, 0.25) is 24.4 Å². The Labute approximate surface area is 146 Å². The van der Waals surface area contributed by atoms with E-state index in [1.54, 1.807) is 6.07 Å². The SMILES string of the molecule is N=C(N)/N=C1\[NH2+]C(Cc2ccc3c(c2)OCO3)=Nc2cc(F)cc(F)c21. The number of hydrogen-bond donors (Lipinski definition) is 3. The van der Waals surface area contributed by atoms with E-state index in [1.807, 2.05) is 12.1 Å². The maximum atomic E-state index is 14.2. The van der Waals surface area contributed by atoms with Gasteiger partial charge < -0.3 is 15.2 Å². The van der Waals surface area contributed by atoms with Gasteiger partial charge in [0.25, 0.3) is 0 Å². The van der Waals surface area contributed by atoms with Crippen LogP contribution in [-0.2, 0) is 6.42 Å². The molecule has 0 spiro atoms. The van der Waals surface area contributed by atoms with Crippen molar-refractivity contribution in [1.29, 1.82) is 5.41 Å². The van der Waals surface area contributed by atoms with Crippen LogP contribution in [0.15, 0.2) is 40.3 Å². The van der Waals surface area contributed by atoms with Gasteiger partial charge in [-0.25, -0.2) is 8.78 Å². The van der Waals surface area contributed by atoms with Crippen LogP contribution in [0, 0.1) is 17.0 Å². The van der Waals surface area contributed by atoms with Gasteiger partial charge in [0, 0.05) is 12.1 Å². The molecule has 2 heterocycles. The minimum Gasteiger partial charge on any atom is -0.454 e. The van der Waals surface area contributed by atoms with Crippen molar-refractivity contribution in [2.75, 3.05) is 6.79 Å². The molecule has 2 aliphatic rings. The standard InChI is InChI=1S/C17H13F2N5O2/c18-9-5-10(19)15-11(6-9)22-14(23-16(15)24-17(20)21)4-8-1-2-12-13(3-8)26-7-25-12/h1-3,5-6H,4,7H2,(H4,20,21,22,23,24)/p+1. The Morgan fingerprint density at radius 1 is 1.23 bits per heavy atom. The molecule has 0 aromatic heterocycles. The molecule has 132 valence electrons. The molecule has 2 aromatic rings. The third kappa shape index (κ3) is 3.00. The molecule has 2 aromatic carbocycles. The van der Waals surface area contributed by atoms with Gasteiger partial charge in [-0.05, 0) is 17.7 Å². The molecule has 4 rings (SSSR count). The summed E-state index contributed by atoms with van der Waals surface area (Å²) in [6.45, 7) is 0.174. The lowest BCUT2D eigenvalue weighted by Crippen LogP contribution is -2.93. The molecule has 0 radical (unpaired) electrons. The Bertz CT molecular complexity index is 987. The fourth-order valence-corrected chi connectivity index (χ4v) is 2.89. The van der Waals surface area contributed by atoms with Crippen LogP contribution in [0.3, 0.4) is 0 Å². The second kappa shape index (κ2) is 6.19. The first kappa shape index (κ1) is 16.2. The van der Waals surface area contributed by atoms with Gasteiger partial charge in [-0.2, -0.15) is 9.98 Å². The number of guanidine groups is 1. The second-order valence-corrected chi connectivity index (χ2v) is 5.78. The Kier molecular flexibility index (Phi) is 3.85. The summed E-state index contributed by atoms with van der Waals surface area (Å²) in [6, 6.07) is 7.34. The monoisotopic (exact) mass is 358 g/mol. The van der Waals surface area contributed by atoms with Gasteiger partial charge in [-0.15, -0.1) is 0 Å². The molecule has 0 amide bonds. The van der Waals surface area contributed by atoms with Crippen molar-refractivity contribution < 1.29 is 23.6 Å². The number of quaternary nitrogens is 1. The zero-order chi connectivity index (χ0) is 18.3. The highest BCUT2D eigenvalue weighted by atomic mass is 19.1. The highest BCUT2D eigenvalue weighted by Gasteiger charge is 2.28. The highest BCUT2D eigenvalue weighted by molar-refractivity contribution is 6.08. The van der Waals surface area contributed by atoms with Crippen molar-refractivity contribution in [2.45, 2.75) is 6.42 Å². The third-order valence-corrected chi connectivity index (χ3v) is 3.92. The van der Waals surface area contributed by atoms with Gasteiger partial charge in [0.1, 0.15) is 17.2 Å². The molecule has 9 heteroatoms. The van der Waals surface area contributed by atoms with Crippen LogP contribution < -0.4 is 20.5 Å². The Morgan fingerprint density at radius 3 is 2.85 bits per heavy atom. The average Bonchev–Trinajstić information content (AvgIpc) is 3.01. The van der Waals surface area contributed by atoms with Gasteiger partial charge >= 0.3 is 0 Å². The molecule has 0 aliphatic carbocycles. The molecule has 0 bridgehead atoms. The number of nitrogens with two attached hydrogens (primary N) is 2. The molecule has 2 aliphatic heterocycles. The number of amidine groups is 2. The molecular formula is C17H14F2N5O2+. The van der Waals surface area contributed by atoms with Crippen LogP contribution in [0.4, 0.5) is 14.5 Å². The Balaban J connectivity index is 1.72. The van der Waals surface area contributed by atoms with Crippen molar-refractivity contribution >= 4 is 23.3 Å². The summed E-state index contributed by atoms with van der Waals surface area (Å²) in [7, 11) is 0. The lowest BCUT2D eigenvalue weighted by molar-refractivity contribution is -0.410. The number of fused-ring (bicyclic) bond motifs is 2. The van der Waals surface area contributed by atoms with E-state index >= 15 is 0 Å². The van der Waals surface area contributed by atoms with Crippen molar-refractivity contribution in [3.05, 3.63) is 53.1 Å². The normalized spacial score (nSPS) is 16.4. The lowest BCUT2D eigenvalue weighted by Gasteiger charge is -2.15. The zero-order valence-corrected chi connectivity index (χ0v) is 13.4. The molecule has 0 saturated heterocycles. The van der Waals surface area contributed by atoms with E-state index in [2.05, 4.69) is 9.98 Å². The van der Waals surface area contributed by atoms with E-state index in [0.717, 1.165) is 17.7 Å². The van der Waals surface area contributed by atoms with Crippen molar-refractivity contribution in [2.24, 2.45) is 15.7 Å². The van der Waals surface area contributed by atoms with E-state index in [4.69, 9.17) is 20.6 Å². The molecule has 7 nitrogen and oxygen atoms in total. The summed E-state index contributed by atoms with van der Waals surface area (Å²) >= 11 is 0. The number of nitrogens with one attached hydrogen (secondary N) is 1. The highest BCUT2D eigenvalue weighted by Crippen LogP contribution is 2.33. The first-order valence-electron chi connectivity index (χ1n) is 7.72. The van der Waals surface area contributed by atoms with Crippen LogP contribution in [0.5, 0.6) is 11.5 Å². The maximum absolute atomic E-state index is 14.2. The number of aliphatic imine (C=N–C) groups is 2. The van der Waals surface area contributed by atoms with E-state index in [-0.39, 0.29) is 23.9 Å². The predicted octanol–water partition coefficient (Wildman–Crippen LogP) is 1.18. The van der Waals surface area contributed by atoms with Gasteiger partial charge in [0.05, 0.1) is 12.1 Å². The number of hydrogen-bond acceptors (Lipinski definition) is 4. The average molecular weight is 358 g/mol. The summed E-state index contributed by atoms with van der Waals surface area (Å²) in [5.41, 5.74) is 6.35. The van der Waals surface area contributed by atoms with Crippen molar-refractivity contribution in [3.63, 3.8) is 0 Å². The molecule has 0 atom stereocenters. The van der Waals surface area contributed by atoms with Crippen molar-refractivity contribution in [3.8, 4) is 11.5 Å². The first-order chi connectivity index (χ1) is 12.5. The summed E-state index contributed by atoms with van der Waals surface area (Å²) in [4.78, 5) is 8.18. The number of ether oxygens (including phenoxy) is 2. The van der Waals surface area contributed by atoms with E-state index in [0.29, 0.717) is 23.8 Å². The van der Waals surface area contributed by atoms with Crippen LogP contribution >= 0.6 is 0 Å². The molecule has 26 heavy (non-hydrogen) atoms. The first-order valence-corrected chi connectivity index (χ1v) is 7.72. The predicted molar refractivity (Wildman–Crippen MR) is 90.1 cm³/mol. The zero-order valence-electron chi connectivity index (χ0n) is 13.4. The topological polar surface area (TPSA) is 110 Å². The Morgan fingerprint density at radius 2 is 2.04 bits per heavy atom. The molecule has 0 unspecified atom stereocenters. The number of rotatable bonds is 2. The molecule has 0 saturated carbocycles. The third-order valence-electron chi connectivity index (χ3n) is 3.92. The smallest absolute Gasteiger partial charge is 0.246 e. The molecule has 5 N–H and O–H groups in total. The fraction of sp³-hybridized carbons (Fsp3) is 0.118. The second-order valence-electron chi connectivity index (χ2n) is 5.78. The van der Waals surface area contributed by atoms with Gasteiger partial charge in [-0.3, -0.25) is 10.7 Å². The van der Waals surface area contributed by atoms with E-state index in [1.165, 1.54) is 5.32 Å². The summed E-state index contributed by atoms with van der Waals surface area (Å²) in [6.07, 6.45) is 0.380. The number of nitrogens with zero attached hydrogens (tertiary/aromatic N) is 2. The van der Waals surface area contributed by atoms with Crippen LogP contribution in [0.25, 0.3) is 0 Å². The van der Waals surface area contributed by atoms with Crippen molar-refractivity contribution in [1.82, 2.24) is 0 Å². The van der Waals surface area contributed by atoms with Crippen LogP contribution in [0.2, 0.25) is 0 Å². The van der Waals surface area contributed by atoms with E-state index < -0.39 is 17.6 Å².